The van der Waals surface area contributed by atoms with E-state index in [0.717, 1.165) is 22.6 Å². The smallest absolute Gasteiger partial charge is 0.331 e. The van der Waals surface area contributed by atoms with E-state index in [1.165, 1.54) is 17.2 Å². The fraction of sp³-hybridized carbons (Fsp3) is 0.250. The molecule has 6 heteroatoms. The quantitative estimate of drug-likeness (QED) is 0.559. The standard InChI is InChI=1S/C24H24N4O2/c1-14(2)15-9-11-16(12-10-15)20-22-21-17(23(29)27(4)24(30)26(21)3)13-28(22)19-8-6-5-7-18(19)25-20/h5-14,20,25H,1-4H3/t20-/m0/s1. The van der Waals surface area contributed by atoms with E-state index in [1.54, 1.807) is 11.6 Å². The molecule has 0 radical (unpaired) electrons. The van der Waals surface area contributed by atoms with E-state index >= 15 is 0 Å². The molecule has 2 aromatic heterocycles. The minimum Gasteiger partial charge on any atom is -0.371 e. The van der Waals surface area contributed by atoms with Crippen molar-refractivity contribution in [2.24, 2.45) is 14.1 Å². The Labute approximate surface area is 174 Å². The maximum absolute atomic E-state index is 12.9. The summed E-state index contributed by atoms with van der Waals surface area (Å²) in [7, 11) is 3.25. The van der Waals surface area contributed by atoms with Gasteiger partial charge in [-0.3, -0.25) is 13.9 Å². The van der Waals surface area contributed by atoms with Gasteiger partial charge in [0.1, 0.15) is 0 Å². The van der Waals surface area contributed by atoms with Crippen LogP contribution in [-0.2, 0) is 14.1 Å². The van der Waals surface area contributed by atoms with Gasteiger partial charge in [-0.2, -0.15) is 0 Å². The van der Waals surface area contributed by atoms with Gasteiger partial charge >= 0.3 is 5.69 Å². The summed E-state index contributed by atoms with van der Waals surface area (Å²) in [5.74, 6) is 0.452. The van der Waals surface area contributed by atoms with Crippen molar-refractivity contribution in [2.45, 2.75) is 25.8 Å². The highest BCUT2D eigenvalue weighted by atomic mass is 16.2. The van der Waals surface area contributed by atoms with Crippen molar-refractivity contribution < 1.29 is 0 Å². The summed E-state index contributed by atoms with van der Waals surface area (Å²) >= 11 is 0. The summed E-state index contributed by atoms with van der Waals surface area (Å²) in [6, 6.07) is 16.4. The Morgan fingerprint density at radius 2 is 1.63 bits per heavy atom. The number of nitrogens with zero attached hydrogens (tertiary/aromatic N) is 3. The van der Waals surface area contributed by atoms with E-state index in [-0.39, 0.29) is 17.3 Å². The highest BCUT2D eigenvalue weighted by Gasteiger charge is 2.30. The topological polar surface area (TPSA) is 61.0 Å². The molecule has 0 aliphatic carbocycles. The van der Waals surface area contributed by atoms with Gasteiger partial charge in [0.15, 0.2) is 0 Å². The summed E-state index contributed by atoms with van der Waals surface area (Å²) in [6.07, 6.45) is 1.86. The predicted octanol–water partition coefficient (Wildman–Crippen LogP) is 3.67. The van der Waals surface area contributed by atoms with E-state index in [2.05, 4.69) is 48.0 Å². The number of nitrogens with one attached hydrogen (secondary N) is 1. The van der Waals surface area contributed by atoms with Gasteiger partial charge in [0.05, 0.1) is 34.0 Å². The average molecular weight is 400 g/mol. The van der Waals surface area contributed by atoms with E-state index < -0.39 is 0 Å². The van der Waals surface area contributed by atoms with Crippen LogP contribution in [0.5, 0.6) is 0 Å². The molecule has 0 bridgehead atoms. The van der Waals surface area contributed by atoms with Crippen LogP contribution in [0.15, 0.2) is 64.3 Å². The molecule has 0 spiro atoms. The third-order valence-electron chi connectivity index (χ3n) is 6.13. The fourth-order valence-electron chi connectivity index (χ4n) is 4.43. The molecular weight excluding hydrogens is 376 g/mol. The van der Waals surface area contributed by atoms with Crippen LogP contribution in [0.3, 0.4) is 0 Å². The van der Waals surface area contributed by atoms with E-state index in [9.17, 15) is 9.59 Å². The maximum Gasteiger partial charge on any atom is 0.331 e. The molecule has 4 aromatic rings. The van der Waals surface area contributed by atoms with Gasteiger partial charge in [-0.15, -0.1) is 0 Å². The van der Waals surface area contributed by atoms with E-state index in [4.69, 9.17) is 0 Å². The Morgan fingerprint density at radius 1 is 0.933 bits per heavy atom. The second-order valence-corrected chi connectivity index (χ2v) is 8.27. The molecular formula is C24H24N4O2. The van der Waals surface area contributed by atoms with Crippen LogP contribution in [0.1, 0.15) is 42.6 Å². The molecule has 6 nitrogen and oxygen atoms in total. The van der Waals surface area contributed by atoms with Crippen molar-refractivity contribution in [3.8, 4) is 5.69 Å². The molecule has 0 saturated heterocycles. The second-order valence-electron chi connectivity index (χ2n) is 8.27. The molecule has 0 fully saturated rings. The molecule has 1 N–H and O–H groups in total. The number of anilines is 1. The number of aryl methyl sites for hydroxylation is 1. The lowest BCUT2D eigenvalue weighted by Crippen LogP contribution is -2.37. The summed E-state index contributed by atoms with van der Waals surface area (Å²) in [4.78, 5) is 25.6. The Kier molecular flexibility index (Phi) is 4.00. The van der Waals surface area contributed by atoms with Crippen molar-refractivity contribution in [1.82, 2.24) is 13.7 Å². The summed E-state index contributed by atoms with van der Waals surface area (Å²) in [5, 5.41) is 4.17. The molecule has 0 saturated carbocycles. The summed E-state index contributed by atoms with van der Waals surface area (Å²) < 4.78 is 4.80. The Morgan fingerprint density at radius 3 is 2.33 bits per heavy atom. The zero-order valence-electron chi connectivity index (χ0n) is 17.5. The first kappa shape index (κ1) is 18.5. The van der Waals surface area contributed by atoms with Crippen molar-refractivity contribution in [3.63, 3.8) is 0 Å². The molecule has 2 aromatic carbocycles. The number of benzene rings is 2. The lowest BCUT2D eigenvalue weighted by Gasteiger charge is -2.30. The van der Waals surface area contributed by atoms with Crippen LogP contribution in [0.4, 0.5) is 5.69 Å². The first-order valence-electron chi connectivity index (χ1n) is 10.1. The van der Waals surface area contributed by atoms with Crippen LogP contribution in [0.25, 0.3) is 16.6 Å². The van der Waals surface area contributed by atoms with Crippen molar-refractivity contribution in [1.29, 1.82) is 0 Å². The molecule has 0 amide bonds. The fourth-order valence-corrected chi connectivity index (χ4v) is 4.43. The van der Waals surface area contributed by atoms with Gasteiger partial charge in [0.2, 0.25) is 0 Å². The van der Waals surface area contributed by atoms with Crippen LogP contribution in [0, 0.1) is 0 Å². The number of hydrogen-bond donors (Lipinski definition) is 1. The first-order chi connectivity index (χ1) is 14.4. The highest BCUT2D eigenvalue weighted by molar-refractivity contribution is 5.86. The number of rotatable bonds is 2. The van der Waals surface area contributed by atoms with Crippen LogP contribution in [-0.4, -0.2) is 13.7 Å². The van der Waals surface area contributed by atoms with Crippen LogP contribution < -0.4 is 16.6 Å². The largest absolute Gasteiger partial charge is 0.371 e. The maximum atomic E-state index is 12.9. The third kappa shape index (κ3) is 2.49. The SMILES string of the molecule is CC(C)c1ccc([C@@H]2Nc3ccccc3-n3cc4c(=O)n(C)c(=O)n(C)c4c32)cc1. The number of fused-ring (bicyclic) bond motifs is 5. The zero-order chi connectivity index (χ0) is 21.2. The number of para-hydroxylation sites is 2. The monoisotopic (exact) mass is 400 g/mol. The van der Waals surface area contributed by atoms with Crippen LogP contribution >= 0.6 is 0 Å². The van der Waals surface area contributed by atoms with Crippen molar-refractivity contribution >= 4 is 16.6 Å². The van der Waals surface area contributed by atoms with Gasteiger partial charge in [-0.25, -0.2) is 4.79 Å². The lowest BCUT2D eigenvalue weighted by molar-refractivity contribution is 0.708. The summed E-state index contributed by atoms with van der Waals surface area (Å²) in [6.45, 7) is 4.35. The minimum absolute atomic E-state index is 0.184. The summed E-state index contributed by atoms with van der Waals surface area (Å²) in [5.41, 5.74) is 5.29. The zero-order valence-corrected chi connectivity index (χ0v) is 17.5. The molecule has 1 aliphatic heterocycles. The molecule has 1 aliphatic rings. The minimum atomic E-state index is -0.325. The van der Waals surface area contributed by atoms with E-state index in [0.29, 0.717) is 16.8 Å². The number of aromatic nitrogens is 3. The van der Waals surface area contributed by atoms with Crippen molar-refractivity contribution in [2.75, 3.05) is 5.32 Å². The highest BCUT2D eigenvalue weighted by Crippen LogP contribution is 2.40. The first-order valence-corrected chi connectivity index (χ1v) is 10.1. The molecule has 1 atom stereocenters. The van der Waals surface area contributed by atoms with E-state index in [1.807, 2.05) is 30.5 Å². The average Bonchev–Trinajstić information content (AvgIpc) is 3.17. The molecule has 0 unspecified atom stereocenters. The molecule has 152 valence electrons. The Hall–Kier alpha value is -3.54. The Bertz CT molecular complexity index is 1400. The second kappa shape index (κ2) is 6.49. The van der Waals surface area contributed by atoms with Gasteiger partial charge < -0.3 is 9.88 Å². The van der Waals surface area contributed by atoms with Gasteiger partial charge in [-0.05, 0) is 29.2 Å². The van der Waals surface area contributed by atoms with Gasteiger partial charge in [0, 0.05) is 20.3 Å². The van der Waals surface area contributed by atoms with Crippen LogP contribution in [0.2, 0.25) is 0 Å². The molecule has 30 heavy (non-hydrogen) atoms. The normalized spacial score (nSPS) is 15.2. The van der Waals surface area contributed by atoms with Gasteiger partial charge in [-0.1, -0.05) is 50.2 Å². The Balaban J connectivity index is 1.85. The van der Waals surface area contributed by atoms with Gasteiger partial charge in [0.25, 0.3) is 5.56 Å². The molecule has 3 heterocycles. The predicted molar refractivity (Wildman–Crippen MR) is 120 cm³/mol. The van der Waals surface area contributed by atoms with Crippen molar-refractivity contribution in [3.05, 3.63) is 92.4 Å². The lowest BCUT2D eigenvalue weighted by atomic mass is 9.96. The molecule has 5 rings (SSSR count). The number of hydrogen-bond acceptors (Lipinski definition) is 3. The third-order valence-corrected chi connectivity index (χ3v) is 6.13.